The van der Waals surface area contributed by atoms with Gasteiger partial charge in [-0.25, -0.2) is 4.79 Å². The highest BCUT2D eigenvalue weighted by atomic mass is 16.8. The second-order valence-electron chi connectivity index (χ2n) is 3.01. The lowest BCUT2D eigenvalue weighted by atomic mass is 10.5. The van der Waals surface area contributed by atoms with Crippen LogP contribution < -0.4 is 0 Å². The Morgan fingerprint density at radius 2 is 2.31 bits per heavy atom. The van der Waals surface area contributed by atoms with E-state index >= 15 is 0 Å². The quantitative estimate of drug-likeness (QED) is 0.490. The van der Waals surface area contributed by atoms with Crippen LogP contribution >= 0.6 is 0 Å². The molecule has 0 saturated carbocycles. The molecule has 0 N–H and O–H groups in total. The maximum absolute atomic E-state index is 10.8. The smallest absolute Gasteiger partial charge is 0.435 e. The molecule has 0 amide bonds. The highest BCUT2D eigenvalue weighted by Gasteiger charge is 2.40. The van der Waals surface area contributed by atoms with Crippen LogP contribution in [0.5, 0.6) is 0 Å². The SMILES string of the molecule is CCOC(=O)OC1CN1OC(C)C. The summed E-state index contributed by atoms with van der Waals surface area (Å²) in [6.07, 6.45) is -0.792. The highest BCUT2D eigenvalue weighted by Crippen LogP contribution is 2.20. The molecule has 2 unspecified atom stereocenters. The van der Waals surface area contributed by atoms with Crippen molar-refractivity contribution in [3.63, 3.8) is 0 Å². The molecule has 0 spiro atoms. The maximum Gasteiger partial charge on any atom is 0.509 e. The number of hydrogen-bond acceptors (Lipinski definition) is 5. The van der Waals surface area contributed by atoms with Gasteiger partial charge >= 0.3 is 6.16 Å². The van der Waals surface area contributed by atoms with Gasteiger partial charge in [-0.05, 0) is 20.8 Å². The fourth-order valence-electron chi connectivity index (χ4n) is 0.847. The van der Waals surface area contributed by atoms with Crippen molar-refractivity contribution in [1.82, 2.24) is 5.06 Å². The van der Waals surface area contributed by atoms with Gasteiger partial charge in [-0.3, -0.25) is 4.84 Å². The summed E-state index contributed by atoms with van der Waals surface area (Å²) in [7, 11) is 0. The third-order valence-corrected chi connectivity index (χ3v) is 1.36. The largest absolute Gasteiger partial charge is 0.509 e. The lowest BCUT2D eigenvalue weighted by molar-refractivity contribution is -0.140. The Hall–Kier alpha value is -0.810. The molecule has 1 saturated heterocycles. The van der Waals surface area contributed by atoms with E-state index in [9.17, 15) is 4.79 Å². The van der Waals surface area contributed by atoms with E-state index < -0.39 is 6.16 Å². The van der Waals surface area contributed by atoms with E-state index in [1.807, 2.05) is 13.8 Å². The Balaban J connectivity index is 2.10. The zero-order valence-corrected chi connectivity index (χ0v) is 8.15. The zero-order chi connectivity index (χ0) is 9.84. The Bertz CT molecular complexity index is 183. The highest BCUT2D eigenvalue weighted by molar-refractivity contribution is 5.60. The van der Waals surface area contributed by atoms with Gasteiger partial charge in [0, 0.05) is 0 Å². The molecule has 1 aliphatic rings. The molecular weight excluding hydrogens is 174 g/mol. The van der Waals surface area contributed by atoms with Crippen LogP contribution in [0, 0.1) is 0 Å². The summed E-state index contributed by atoms with van der Waals surface area (Å²) >= 11 is 0. The second-order valence-corrected chi connectivity index (χ2v) is 3.01. The number of carbonyl (C=O) groups excluding carboxylic acids is 1. The molecule has 1 rings (SSSR count). The molecule has 1 fully saturated rings. The number of hydroxylamine groups is 2. The monoisotopic (exact) mass is 189 g/mol. The summed E-state index contributed by atoms with van der Waals surface area (Å²) in [4.78, 5) is 16.1. The Kier molecular flexibility index (Phi) is 3.50. The number of carbonyl (C=O) groups is 1. The van der Waals surface area contributed by atoms with E-state index in [1.54, 1.807) is 12.0 Å². The first-order valence-electron chi connectivity index (χ1n) is 4.40. The lowest BCUT2D eigenvalue weighted by Crippen LogP contribution is -2.16. The van der Waals surface area contributed by atoms with Crippen LogP contribution in [0.4, 0.5) is 4.79 Å². The van der Waals surface area contributed by atoms with Gasteiger partial charge in [0.25, 0.3) is 0 Å². The summed E-state index contributed by atoms with van der Waals surface area (Å²) in [6.45, 7) is 6.52. The summed E-state index contributed by atoms with van der Waals surface area (Å²) in [5.74, 6) is 0. The normalized spacial score (nSPS) is 25.8. The van der Waals surface area contributed by atoms with E-state index in [-0.39, 0.29) is 12.3 Å². The molecule has 76 valence electrons. The van der Waals surface area contributed by atoms with Crippen molar-refractivity contribution in [2.24, 2.45) is 0 Å². The van der Waals surface area contributed by atoms with Gasteiger partial charge in [0.2, 0.25) is 0 Å². The average Bonchev–Trinajstić information content (AvgIpc) is 2.66. The van der Waals surface area contributed by atoms with E-state index in [2.05, 4.69) is 4.74 Å². The van der Waals surface area contributed by atoms with Crippen LogP contribution in [0.3, 0.4) is 0 Å². The molecular formula is C8H15NO4. The Morgan fingerprint density at radius 1 is 1.62 bits per heavy atom. The summed E-state index contributed by atoms with van der Waals surface area (Å²) in [5, 5.41) is 1.60. The predicted octanol–water partition coefficient (Wildman–Crippen LogP) is 1.14. The van der Waals surface area contributed by atoms with Crippen LogP contribution in [0.2, 0.25) is 0 Å². The van der Waals surface area contributed by atoms with Gasteiger partial charge in [0.1, 0.15) is 0 Å². The van der Waals surface area contributed by atoms with Crippen molar-refractivity contribution in [1.29, 1.82) is 0 Å². The van der Waals surface area contributed by atoms with Gasteiger partial charge in [-0.15, -0.1) is 5.06 Å². The standard InChI is InChI=1S/C8H15NO4/c1-4-11-8(10)12-7-5-9(7)13-6(2)3/h6-7H,4-5H2,1-3H3. The van der Waals surface area contributed by atoms with Gasteiger partial charge in [0.15, 0.2) is 6.23 Å². The molecule has 1 heterocycles. The number of hydrogen-bond donors (Lipinski definition) is 0. The molecule has 0 radical (unpaired) electrons. The van der Waals surface area contributed by atoms with E-state index in [4.69, 9.17) is 9.57 Å². The predicted molar refractivity (Wildman–Crippen MR) is 44.8 cm³/mol. The zero-order valence-electron chi connectivity index (χ0n) is 8.15. The molecule has 13 heavy (non-hydrogen) atoms. The molecule has 0 aromatic heterocycles. The third-order valence-electron chi connectivity index (χ3n) is 1.36. The van der Waals surface area contributed by atoms with E-state index in [0.29, 0.717) is 13.2 Å². The van der Waals surface area contributed by atoms with Gasteiger partial charge < -0.3 is 9.47 Å². The number of ether oxygens (including phenoxy) is 2. The average molecular weight is 189 g/mol. The summed E-state index contributed by atoms with van der Waals surface area (Å²) in [6, 6.07) is 0. The molecule has 5 heteroatoms. The first kappa shape index (κ1) is 10.3. The summed E-state index contributed by atoms with van der Waals surface area (Å²) < 4.78 is 9.46. The van der Waals surface area contributed by atoms with E-state index in [0.717, 1.165) is 0 Å². The third kappa shape index (κ3) is 3.61. The first-order chi connectivity index (χ1) is 6.13. The van der Waals surface area contributed by atoms with Crippen molar-refractivity contribution in [3.8, 4) is 0 Å². The number of nitrogens with zero attached hydrogens (tertiary/aromatic N) is 1. The van der Waals surface area contributed by atoms with Crippen LogP contribution in [0.1, 0.15) is 20.8 Å². The van der Waals surface area contributed by atoms with Crippen molar-refractivity contribution < 1.29 is 19.1 Å². The lowest BCUT2D eigenvalue weighted by Gasteiger charge is -2.08. The minimum atomic E-state index is -0.637. The van der Waals surface area contributed by atoms with Crippen molar-refractivity contribution in [2.75, 3.05) is 13.2 Å². The van der Waals surface area contributed by atoms with Crippen molar-refractivity contribution in [2.45, 2.75) is 33.1 Å². The van der Waals surface area contributed by atoms with Crippen LogP contribution in [-0.4, -0.2) is 36.7 Å². The number of rotatable bonds is 4. The topological polar surface area (TPSA) is 47.8 Å². The molecule has 2 atom stereocenters. The van der Waals surface area contributed by atoms with Gasteiger partial charge in [-0.2, -0.15) is 0 Å². The molecule has 0 aliphatic carbocycles. The molecule has 1 aliphatic heterocycles. The van der Waals surface area contributed by atoms with Crippen LogP contribution in [0.15, 0.2) is 0 Å². The van der Waals surface area contributed by atoms with Crippen molar-refractivity contribution in [3.05, 3.63) is 0 Å². The fourth-order valence-corrected chi connectivity index (χ4v) is 0.847. The summed E-state index contributed by atoms with van der Waals surface area (Å²) in [5.41, 5.74) is 0. The second kappa shape index (κ2) is 4.43. The molecule has 5 nitrogen and oxygen atoms in total. The van der Waals surface area contributed by atoms with E-state index in [1.165, 1.54) is 0 Å². The molecule has 0 bridgehead atoms. The fraction of sp³-hybridized carbons (Fsp3) is 0.875. The minimum Gasteiger partial charge on any atom is -0.435 e. The molecule has 0 aromatic carbocycles. The van der Waals surface area contributed by atoms with Crippen molar-refractivity contribution >= 4 is 6.16 Å². The van der Waals surface area contributed by atoms with Gasteiger partial charge in [-0.1, -0.05) is 0 Å². The Morgan fingerprint density at radius 3 is 2.85 bits per heavy atom. The maximum atomic E-state index is 10.8. The van der Waals surface area contributed by atoms with Crippen LogP contribution in [-0.2, 0) is 14.3 Å². The first-order valence-corrected chi connectivity index (χ1v) is 4.40. The van der Waals surface area contributed by atoms with Gasteiger partial charge in [0.05, 0.1) is 19.3 Å². The van der Waals surface area contributed by atoms with Crippen LogP contribution in [0.25, 0.3) is 0 Å². The minimum absolute atomic E-state index is 0.107. The Labute approximate surface area is 77.5 Å². The molecule has 0 aromatic rings.